The second-order valence-electron chi connectivity index (χ2n) is 4.40. The first-order valence-corrected chi connectivity index (χ1v) is 5.11. The monoisotopic (exact) mass is 258 g/mol. The molecule has 0 aliphatic heterocycles. The van der Waals surface area contributed by atoms with E-state index in [9.17, 15) is 4.79 Å². The Bertz CT molecular complexity index is 381. The molecule has 1 aromatic carbocycles. The van der Waals surface area contributed by atoms with Crippen molar-refractivity contribution in [2.45, 2.75) is 19.4 Å². The largest absolute Gasteiger partial charge is 0.399 e. The van der Waals surface area contributed by atoms with Crippen LogP contribution in [-0.4, -0.2) is 25.2 Å². The van der Waals surface area contributed by atoms with E-state index >= 15 is 0 Å². The number of methoxy groups -OCH3 is 1. The summed E-state index contributed by atoms with van der Waals surface area (Å²) in [5.74, 6) is -0.144. The topological polar surface area (TPSA) is 64.3 Å². The molecule has 0 atom stereocenters. The fourth-order valence-corrected chi connectivity index (χ4v) is 1.46. The molecule has 0 heterocycles. The summed E-state index contributed by atoms with van der Waals surface area (Å²) in [7, 11) is 1.61. The smallest absolute Gasteiger partial charge is 0.251 e. The maximum Gasteiger partial charge on any atom is 0.251 e. The van der Waals surface area contributed by atoms with Crippen molar-refractivity contribution in [2.24, 2.45) is 0 Å². The Morgan fingerprint density at radius 1 is 1.47 bits per heavy atom. The lowest BCUT2D eigenvalue weighted by Gasteiger charge is -2.25. The van der Waals surface area contributed by atoms with Crippen molar-refractivity contribution in [3.05, 3.63) is 29.8 Å². The minimum atomic E-state index is -0.392. The summed E-state index contributed by atoms with van der Waals surface area (Å²) >= 11 is 0. The third-order valence-corrected chi connectivity index (χ3v) is 2.11. The van der Waals surface area contributed by atoms with Crippen LogP contribution in [0.3, 0.4) is 0 Å². The van der Waals surface area contributed by atoms with Gasteiger partial charge in [-0.1, -0.05) is 6.07 Å². The number of carbonyl (C=O) groups excluding carboxylic acids is 1. The molecule has 0 saturated carbocycles. The maximum absolute atomic E-state index is 11.9. The maximum atomic E-state index is 11.9. The van der Waals surface area contributed by atoms with Crippen LogP contribution < -0.4 is 11.1 Å². The number of nitrogens with two attached hydrogens (primary N) is 1. The molecule has 1 aromatic rings. The molecule has 1 rings (SSSR count). The highest BCUT2D eigenvalue weighted by molar-refractivity contribution is 5.95. The number of hydrogen-bond donors (Lipinski definition) is 2. The van der Waals surface area contributed by atoms with Gasteiger partial charge < -0.3 is 15.8 Å². The average molecular weight is 259 g/mol. The molecule has 1 amide bonds. The Hall–Kier alpha value is -1.26. The van der Waals surface area contributed by atoms with E-state index < -0.39 is 5.54 Å². The Kier molecular flexibility index (Phi) is 5.99. The summed E-state index contributed by atoms with van der Waals surface area (Å²) in [4.78, 5) is 11.9. The zero-order valence-corrected chi connectivity index (χ0v) is 11.1. The molecule has 0 aromatic heterocycles. The zero-order valence-electron chi connectivity index (χ0n) is 10.3. The molecular weight excluding hydrogens is 240 g/mol. The number of halogens is 1. The number of anilines is 1. The number of ether oxygens (including phenoxy) is 1. The first-order chi connectivity index (χ1) is 7.44. The molecule has 0 radical (unpaired) electrons. The van der Waals surface area contributed by atoms with E-state index in [0.717, 1.165) is 0 Å². The molecular formula is C12H19ClN2O2. The molecule has 5 heteroatoms. The second kappa shape index (κ2) is 6.47. The lowest BCUT2D eigenvalue weighted by Crippen LogP contribution is -2.46. The van der Waals surface area contributed by atoms with Gasteiger partial charge in [-0.05, 0) is 32.0 Å². The molecule has 0 spiro atoms. The number of rotatable bonds is 4. The molecule has 0 bridgehead atoms. The average Bonchev–Trinajstić information content (AvgIpc) is 2.16. The number of amides is 1. The van der Waals surface area contributed by atoms with Crippen molar-refractivity contribution >= 4 is 24.0 Å². The number of benzene rings is 1. The number of nitrogens with one attached hydrogen (secondary N) is 1. The lowest BCUT2D eigenvalue weighted by atomic mass is 10.1. The van der Waals surface area contributed by atoms with Crippen LogP contribution in [0.4, 0.5) is 5.69 Å². The molecule has 0 aliphatic rings. The van der Waals surface area contributed by atoms with Crippen LogP contribution in [0, 0.1) is 0 Å². The van der Waals surface area contributed by atoms with Gasteiger partial charge in [-0.15, -0.1) is 12.4 Å². The van der Waals surface area contributed by atoms with Gasteiger partial charge >= 0.3 is 0 Å². The van der Waals surface area contributed by atoms with Gasteiger partial charge in [-0.3, -0.25) is 4.79 Å². The minimum Gasteiger partial charge on any atom is -0.399 e. The van der Waals surface area contributed by atoms with Crippen LogP contribution in [0.25, 0.3) is 0 Å². The van der Waals surface area contributed by atoms with E-state index in [1.165, 1.54) is 0 Å². The van der Waals surface area contributed by atoms with E-state index in [1.807, 2.05) is 13.8 Å². The molecule has 3 N–H and O–H groups in total. The van der Waals surface area contributed by atoms with Gasteiger partial charge in [0.25, 0.3) is 5.91 Å². The van der Waals surface area contributed by atoms with Crippen LogP contribution in [-0.2, 0) is 4.74 Å². The minimum absolute atomic E-state index is 0. The molecule has 96 valence electrons. The molecule has 17 heavy (non-hydrogen) atoms. The number of hydrogen-bond acceptors (Lipinski definition) is 3. The van der Waals surface area contributed by atoms with E-state index in [0.29, 0.717) is 17.9 Å². The predicted octanol–water partition coefficient (Wildman–Crippen LogP) is 1.85. The van der Waals surface area contributed by atoms with E-state index in [4.69, 9.17) is 10.5 Å². The van der Waals surface area contributed by atoms with E-state index in [2.05, 4.69) is 5.32 Å². The van der Waals surface area contributed by atoms with Crippen molar-refractivity contribution in [1.82, 2.24) is 5.32 Å². The van der Waals surface area contributed by atoms with E-state index in [-0.39, 0.29) is 18.3 Å². The summed E-state index contributed by atoms with van der Waals surface area (Å²) in [5.41, 5.74) is 6.36. The van der Waals surface area contributed by atoms with Gasteiger partial charge in [-0.2, -0.15) is 0 Å². The van der Waals surface area contributed by atoms with E-state index in [1.54, 1.807) is 31.4 Å². The summed E-state index contributed by atoms with van der Waals surface area (Å²) < 4.78 is 5.03. The van der Waals surface area contributed by atoms with Gasteiger partial charge in [0.05, 0.1) is 12.1 Å². The van der Waals surface area contributed by atoms with Crippen molar-refractivity contribution in [3.8, 4) is 0 Å². The Morgan fingerprint density at radius 3 is 2.65 bits per heavy atom. The molecule has 0 saturated heterocycles. The van der Waals surface area contributed by atoms with Crippen molar-refractivity contribution < 1.29 is 9.53 Å². The zero-order chi connectivity index (χ0) is 12.2. The highest BCUT2D eigenvalue weighted by Crippen LogP contribution is 2.09. The van der Waals surface area contributed by atoms with Crippen LogP contribution in [0.1, 0.15) is 24.2 Å². The highest BCUT2D eigenvalue weighted by Gasteiger charge is 2.20. The summed E-state index contributed by atoms with van der Waals surface area (Å²) in [6, 6.07) is 6.89. The standard InChI is InChI=1S/C12H18N2O2.ClH/c1-12(2,8-16-3)14-11(15)9-5-4-6-10(13)7-9;/h4-7H,8,13H2,1-3H3,(H,14,15);1H. The lowest BCUT2D eigenvalue weighted by molar-refractivity contribution is 0.0820. The van der Waals surface area contributed by atoms with Crippen molar-refractivity contribution in [3.63, 3.8) is 0 Å². The van der Waals surface area contributed by atoms with Gasteiger partial charge in [0, 0.05) is 18.4 Å². The van der Waals surface area contributed by atoms with Crippen LogP contribution in [0.2, 0.25) is 0 Å². The fraction of sp³-hybridized carbons (Fsp3) is 0.417. The molecule has 0 unspecified atom stereocenters. The van der Waals surface area contributed by atoms with Gasteiger partial charge in [0.1, 0.15) is 0 Å². The summed E-state index contributed by atoms with van der Waals surface area (Å²) in [6.07, 6.45) is 0. The quantitative estimate of drug-likeness (QED) is 0.810. The normalized spacial score (nSPS) is 10.5. The van der Waals surface area contributed by atoms with Gasteiger partial charge in [0.15, 0.2) is 0 Å². The third-order valence-electron chi connectivity index (χ3n) is 2.11. The molecule has 0 aliphatic carbocycles. The first kappa shape index (κ1) is 15.7. The first-order valence-electron chi connectivity index (χ1n) is 5.11. The van der Waals surface area contributed by atoms with Crippen LogP contribution in [0.15, 0.2) is 24.3 Å². The van der Waals surface area contributed by atoms with Crippen molar-refractivity contribution in [2.75, 3.05) is 19.5 Å². The molecule has 0 fully saturated rings. The number of carbonyl (C=O) groups is 1. The SMILES string of the molecule is COCC(C)(C)NC(=O)c1cccc(N)c1.Cl. The van der Waals surface area contributed by atoms with Gasteiger partial charge in [0.2, 0.25) is 0 Å². The van der Waals surface area contributed by atoms with Crippen LogP contribution in [0.5, 0.6) is 0 Å². The Morgan fingerprint density at radius 2 is 2.12 bits per heavy atom. The number of nitrogen functional groups attached to an aromatic ring is 1. The molecule has 4 nitrogen and oxygen atoms in total. The van der Waals surface area contributed by atoms with Crippen LogP contribution >= 0.6 is 12.4 Å². The summed E-state index contributed by atoms with van der Waals surface area (Å²) in [5, 5.41) is 2.88. The fourth-order valence-electron chi connectivity index (χ4n) is 1.46. The highest BCUT2D eigenvalue weighted by atomic mass is 35.5. The predicted molar refractivity (Wildman–Crippen MR) is 71.5 cm³/mol. The summed E-state index contributed by atoms with van der Waals surface area (Å²) in [6.45, 7) is 4.27. The van der Waals surface area contributed by atoms with Crippen molar-refractivity contribution in [1.29, 1.82) is 0 Å². The third kappa shape index (κ3) is 5.06. The Labute approximate surface area is 108 Å². The second-order valence-corrected chi connectivity index (χ2v) is 4.40. The van der Waals surface area contributed by atoms with Gasteiger partial charge in [-0.25, -0.2) is 0 Å². The Balaban J connectivity index is 0.00000256.